The van der Waals surface area contributed by atoms with E-state index >= 15 is 0 Å². The normalized spacial score (nSPS) is 31.3. The average molecular weight is 364 g/mol. The van der Waals surface area contributed by atoms with Gasteiger partial charge in [-0.15, -0.1) is 0 Å². The second kappa shape index (κ2) is 8.31. The van der Waals surface area contributed by atoms with Gasteiger partial charge in [-0.2, -0.15) is 0 Å². The Morgan fingerprint density at radius 1 is 1.00 bits per heavy atom. The molecule has 1 spiro atoms. The minimum Gasteiger partial charge on any atom is -0.379 e. The van der Waals surface area contributed by atoms with Crippen LogP contribution in [0.2, 0.25) is 0 Å². The Kier molecular flexibility index (Phi) is 5.86. The van der Waals surface area contributed by atoms with E-state index < -0.39 is 0 Å². The molecule has 0 amide bonds. The number of hydrogen-bond acceptors (Lipinski definition) is 5. The molecule has 1 aromatic rings. The Bertz CT molecular complexity index is 579. The van der Waals surface area contributed by atoms with Crippen LogP contribution in [-0.2, 0) is 20.8 Å². The van der Waals surface area contributed by atoms with E-state index in [0.717, 1.165) is 77.5 Å². The third kappa shape index (κ3) is 4.61. The molecule has 1 aromatic carbocycles. The number of morpholine rings is 1. The molecule has 144 valence electrons. The summed E-state index contributed by atoms with van der Waals surface area (Å²) < 4.78 is 31.0. The number of rotatable bonds is 4. The zero-order valence-electron chi connectivity index (χ0n) is 15.4. The van der Waals surface area contributed by atoms with Crippen molar-refractivity contribution in [1.82, 2.24) is 9.80 Å². The van der Waals surface area contributed by atoms with Crippen LogP contribution in [0.4, 0.5) is 4.39 Å². The van der Waals surface area contributed by atoms with Gasteiger partial charge >= 0.3 is 0 Å². The first kappa shape index (κ1) is 18.3. The zero-order valence-corrected chi connectivity index (χ0v) is 15.4. The molecule has 0 aliphatic carbocycles. The fourth-order valence-corrected chi connectivity index (χ4v) is 4.29. The van der Waals surface area contributed by atoms with Gasteiger partial charge in [-0.05, 0) is 30.5 Å². The lowest BCUT2D eigenvalue weighted by Crippen LogP contribution is -2.46. The minimum absolute atomic E-state index is 0.186. The Balaban J connectivity index is 1.35. The predicted molar refractivity (Wildman–Crippen MR) is 96.6 cm³/mol. The summed E-state index contributed by atoms with van der Waals surface area (Å²) in [6.07, 6.45) is 2.41. The molecule has 26 heavy (non-hydrogen) atoms. The number of nitrogens with zero attached hydrogens (tertiary/aromatic N) is 2. The molecule has 3 aliphatic heterocycles. The molecular formula is C20H29FN2O3. The van der Waals surface area contributed by atoms with Crippen LogP contribution in [0.5, 0.6) is 0 Å². The van der Waals surface area contributed by atoms with E-state index in [4.69, 9.17) is 14.2 Å². The Labute approximate surface area is 155 Å². The smallest absolute Gasteiger partial charge is 0.123 e. The molecule has 5 nitrogen and oxygen atoms in total. The lowest BCUT2D eigenvalue weighted by atomic mass is 9.99. The van der Waals surface area contributed by atoms with Crippen LogP contribution in [0, 0.1) is 5.82 Å². The largest absolute Gasteiger partial charge is 0.379 e. The maximum atomic E-state index is 13.1. The first-order chi connectivity index (χ1) is 12.7. The van der Waals surface area contributed by atoms with E-state index in [0.29, 0.717) is 6.61 Å². The first-order valence-corrected chi connectivity index (χ1v) is 9.73. The third-order valence-corrected chi connectivity index (χ3v) is 5.65. The summed E-state index contributed by atoms with van der Waals surface area (Å²) in [4.78, 5) is 4.83. The zero-order chi connectivity index (χ0) is 17.8. The predicted octanol–water partition coefficient (Wildman–Crippen LogP) is 1.91. The summed E-state index contributed by atoms with van der Waals surface area (Å²) in [5.41, 5.74) is 0.930. The van der Waals surface area contributed by atoms with E-state index in [2.05, 4.69) is 9.80 Å². The van der Waals surface area contributed by atoms with Gasteiger partial charge in [-0.25, -0.2) is 4.39 Å². The summed E-state index contributed by atoms with van der Waals surface area (Å²) in [5, 5.41) is 0. The monoisotopic (exact) mass is 364 g/mol. The highest BCUT2D eigenvalue weighted by Gasteiger charge is 2.43. The second-order valence-electron chi connectivity index (χ2n) is 7.76. The highest BCUT2D eigenvalue weighted by atomic mass is 19.1. The molecule has 3 aliphatic rings. The molecule has 0 aromatic heterocycles. The minimum atomic E-state index is -0.201. The molecule has 2 atom stereocenters. The summed E-state index contributed by atoms with van der Waals surface area (Å²) in [6.45, 7) is 8.61. The molecule has 3 fully saturated rings. The number of ether oxygens (including phenoxy) is 3. The van der Waals surface area contributed by atoms with Gasteiger partial charge in [0.25, 0.3) is 0 Å². The molecule has 0 bridgehead atoms. The van der Waals surface area contributed by atoms with Crippen LogP contribution in [0.1, 0.15) is 18.4 Å². The van der Waals surface area contributed by atoms with E-state index in [9.17, 15) is 4.39 Å². The third-order valence-electron chi connectivity index (χ3n) is 5.65. The van der Waals surface area contributed by atoms with Crippen molar-refractivity contribution in [1.29, 1.82) is 0 Å². The highest BCUT2D eigenvalue weighted by molar-refractivity contribution is 5.16. The fourth-order valence-electron chi connectivity index (χ4n) is 4.29. The summed E-state index contributed by atoms with van der Waals surface area (Å²) in [7, 11) is 0. The van der Waals surface area contributed by atoms with Crippen LogP contribution in [0.25, 0.3) is 0 Å². The van der Waals surface area contributed by atoms with E-state index in [1.807, 2.05) is 12.1 Å². The number of hydrogen-bond donors (Lipinski definition) is 0. The van der Waals surface area contributed by atoms with Gasteiger partial charge in [0.05, 0.1) is 32.5 Å². The molecule has 4 rings (SSSR count). The van der Waals surface area contributed by atoms with Crippen LogP contribution >= 0.6 is 0 Å². The van der Waals surface area contributed by atoms with Crippen LogP contribution in [0.15, 0.2) is 24.3 Å². The molecule has 3 saturated heterocycles. The molecule has 0 unspecified atom stereocenters. The Hall–Kier alpha value is -1.05. The van der Waals surface area contributed by atoms with E-state index in [1.54, 1.807) is 0 Å². The van der Waals surface area contributed by atoms with Gasteiger partial charge in [0, 0.05) is 39.3 Å². The topological polar surface area (TPSA) is 34.2 Å². The van der Waals surface area contributed by atoms with E-state index in [-0.39, 0.29) is 17.5 Å². The van der Waals surface area contributed by atoms with Crippen LogP contribution in [-0.4, -0.2) is 80.7 Å². The maximum Gasteiger partial charge on any atom is 0.123 e. The molecule has 3 heterocycles. The quantitative estimate of drug-likeness (QED) is 0.815. The van der Waals surface area contributed by atoms with Gasteiger partial charge in [0.1, 0.15) is 11.4 Å². The van der Waals surface area contributed by atoms with Crippen molar-refractivity contribution in [3.63, 3.8) is 0 Å². The number of benzene rings is 1. The second-order valence-corrected chi connectivity index (χ2v) is 7.76. The van der Waals surface area contributed by atoms with Crippen LogP contribution < -0.4 is 0 Å². The van der Waals surface area contributed by atoms with Crippen molar-refractivity contribution in [2.75, 3.05) is 59.2 Å². The number of halogens is 1. The van der Waals surface area contributed by atoms with Gasteiger partial charge in [0.2, 0.25) is 0 Å². The van der Waals surface area contributed by atoms with Gasteiger partial charge in [0.15, 0.2) is 0 Å². The molecular weight excluding hydrogens is 335 g/mol. The van der Waals surface area contributed by atoms with Crippen molar-refractivity contribution in [2.24, 2.45) is 0 Å². The summed E-state index contributed by atoms with van der Waals surface area (Å²) in [5.74, 6) is -0.186. The van der Waals surface area contributed by atoms with Crippen LogP contribution in [0.3, 0.4) is 0 Å². The molecule has 0 radical (unpaired) electrons. The Morgan fingerprint density at radius 3 is 2.54 bits per heavy atom. The lowest BCUT2D eigenvalue weighted by Gasteiger charge is -2.33. The molecule has 0 N–H and O–H groups in total. The van der Waals surface area contributed by atoms with E-state index in [1.165, 1.54) is 12.1 Å². The SMILES string of the molecule is Fc1ccc(CN2CCOC[C@@]3(CC[C@H](CN4CCOCC4)O3)C2)cc1. The van der Waals surface area contributed by atoms with Crippen molar-refractivity contribution >= 4 is 0 Å². The van der Waals surface area contributed by atoms with Crippen molar-refractivity contribution in [3.8, 4) is 0 Å². The highest BCUT2D eigenvalue weighted by Crippen LogP contribution is 2.34. The first-order valence-electron chi connectivity index (χ1n) is 9.73. The van der Waals surface area contributed by atoms with Gasteiger partial charge in [-0.3, -0.25) is 9.80 Å². The van der Waals surface area contributed by atoms with Gasteiger partial charge in [-0.1, -0.05) is 12.1 Å². The maximum absolute atomic E-state index is 13.1. The Morgan fingerprint density at radius 2 is 1.73 bits per heavy atom. The van der Waals surface area contributed by atoms with Crippen molar-refractivity contribution < 1.29 is 18.6 Å². The molecule has 0 saturated carbocycles. The lowest BCUT2D eigenvalue weighted by molar-refractivity contribution is -0.0967. The fraction of sp³-hybridized carbons (Fsp3) is 0.700. The standard InChI is InChI=1S/C20H29FN2O3/c21-18-3-1-17(2-4-18)13-23-9-12-25-16-20(15-23)6-5-19(26-20)14-22-7-10-24-11-8-22/h1-4,19H,5-16H2/t19-,20-/m1/s1. The molecule has 6 heteroatoms. The van der Waals surface area contributed by atoms with Gasteiger partial charge < -0.3 is 14.2 Å². The van der Waals surface area contributed by atoms with Crippen molar-refractivity contribution in [3.05, 3.63) is 35.6 Å². The summed E-state index contributed by atoms with van der Waals surface area (Å²) >= 11 is 0. The van der Waals surface area contributed by atoms with Crippen molar-refractivity contribution in [2.45, 2.75) is 31.1 Å². The summed E-state index contributed by atoms with van der Waals surface area (Å²) in [6, 6.07) is 6.79. The average Bonchev–Trinajstić information content (AvgIpc) is 2.92.